The molecule has 0 radical (unpaired) electrons. The van der Waals surface area contributed by atoms with Gasteiger partial charge in [0.2, 0.25) is 11.8 Å². The summed E-state index contributed by atoms with van der Waals surface area (Å²) in [5.41, 5.74) is 0.629. The lowest BCUT2D eigenvalue weighted by Crippen LogP contribution is -2.52. The van der Waals surface area contributed by atoms with Crippen molar-refractivity contribution in [3.05, 3.63) is 64.7 Å². The van der Waals surface area contributed by atoms with E-state index in [1.54, 1.807) is 37.3 Å². The summed E-state index contributed by atoms with van der Waals surface area (Å²) < 4.78 is 26.4. The van der Waals surface area contributed by atoms with Crippen molar-refractivity contribution in [1.29, 1.82) is 0 Å². The molecule has 1 aliphatic heterocycles. The Kier molecular flexibility index (Phi) is 7.76. The van der Waals surface area contributed by atoms with E-state index < -0.39 is 34.4 Å². The van der Waals surface area contributed by atoms with E-state index in [4.69, 9.17) is 11.6 Å². The number of hydrogen-bond donors (Lipinski definition) is 1. The summed E-state index contributed by atoms with van der Waals surface area (Å²) in [7, 11) is -4.16. The van der Waals surface area contributed by atoms with Gasteiger partial charge >= 0.3 is 0 Å². The molecular formula is C23H26ClN3O5S. The van der Waals surface area contributed by atoms with Crippen LogP contribution in [0.1, 0.15) is 42.6 Å². The minimum absolute atomic E-state index is 0.00835. The van der Waals surface area contributed by atoms with Gasteiger partial charge in [0.15, 0.2) is 0 Å². The zero-order valence-electron chi connectivity index (χ0n) is 18.5. The zero-order chi connectivity index (χ0) is 24.2. The highest BCUT2D eigenvalue weighted by Crippen LogP contribution is 2.30. The van der Waals surface area contributed by atoms with Gasteiger partial charge < -0.3 is 10.2 Å². The Labute approximate surface area is 198 Å². The molecule has 1 aliphatic rings. The van der Waals surface area contributed by atoms with E-state index in [1.807, 2.05) is 6.92 Å². The van der Waals surface area contributed by atoms with E-state index in [0.29, 0.717) is 27.9 Å². The second-order valence-electron chi connectivity index (χ2n) is 7.64. The number of carbonyl (C=O) groups is 3. The number of benzene rings is 2. The minimum atomic E-state index is -4.16. The molecule has 2 aromatic carbocycles. The maximum absolute atomic E-state index is 13.4. The van der Waals surface area contributed by atoms with E-state index in [2.05, 4.69) is 5.32 Å². The van der Waals surface area contributed by atoms with Gasteiger partial charge in [0, 0.05) is 18.1 Å². The fourth-order valence-corrected chi connectivity index (χ4v) is 5.41. The van der Waals surface area contributed by atoms with Crippen LogP contribution >= 0.6 is 11.6 Å². The zero-order valence-corrected chi connectivity index (χ0v) is 20.0. The van der Waals surface area contributed by atoms with E-state index in [9.17, 15) is 22.8 Å². The lowest BCUT2D eigenvalue weighted by molar-refractivity contribution is -0.141. The average molecular weight is 492 g/mol. The first-order chi connectivity index (χ1) is 15.7. The summed E-state index contributed by atoms with van der Waals surface area (Å²) in [6.45, 7) is 3.40. The maximum atomic E-state index is 13.4. The number of hydrogen-bond acceptors (Lipinski definition) is 5. The molecule has 0 saturated heterocycles. The number of amides is 3. The Bertz CT molecular complexity index is 1170. The predicted molar refractivity (Wildman–Crippen MR) is 124 cm³/mol. The Morgan fingerprint density at radius 3 is 2.39 bits per heavy atom. The van der Waals surface area contributed by atoms with Crippen LogP contribution in [0.4, 0.5) is 0 Å². The molecule has 10 heteroatoms. The number of nitrogens with zero attached hydrogens (tertiary/aromatic N) is 2. The third kappa shape index (κ3) is 5.04. The quantitative estimate of drug-likeness (QED) is 0.581. The van der Waals surface area contributed by atoms with Crippen LogP contribution in [0, 0.1) is 0 Å². The van der Waals surface area contributed by atoms with Crippen molar-refractivity contribution in [2.24, 2.45) is 0 Å². The third-order valence-electron chi connectivity index (χ3n) is 5.42. The van der Waals surface area contributed by atoms with Crippen molar-refractivity contribution < 1.29 is 22.8 Å². The Morgan fingerprint density at radius 1 is 1.09 bits per heavy atom. The average Bonchev–Trinajstić information content (AvgIpc) is 2.99. The summed E-state index contributed by atoms with van der Waals surface area (Å²) in [6, 6.07) is 11.9. The van der Waals surface area contributed by atoms with Crippen LogP contribution in [0.25, 0.3) is 0 Å². The van der Waals surface area contributed by atoms with Crippen LogP contribution in [-0.4, -0.2) is 54.5 Å². The molecule has 33 heavy (non-hydrogen) atoms. The molecule has 1 heterocycles. The summed E-state index contributed by atoms with van der Waals surface area (Å²) in [6.07, 6.45) is 1.02. The van der Waals surface area contributed by atoms with Gasteiger partial charge in [0.25, 0.3) is 15.9 Å². The van der Waals surface area contributed by atoms with E-state index in [1.165, 1.54) is 23.1 Å². The monoisotopic (exact) mass is 491 g/mol. The van der Waals surface area contributed by atoms with Crippen molar-refractivity contribution in [2.75, 3.05) is 13.1 Å². The van der Waals surface area contributed by atoms with Crippen molar-refractivity contribution >= 4 is 39.3 Å². The van der Waals surface area contributed by atoms with Gasteiger partial charge in [-0.3, -0.25) is 14.4 Å². The Morgan fingerprint density at radius 2 is 1.76 bits per heavy atom. The third-order valence-corrected chi connectivity index (χ3v) is 7.58. The molecule has 3 rings (SSSR count). The molecule has 0 spiro atoms. The Balaban J connectivity index is 1.93. The molecule has 0 saturated carbocycles. The fourth-order valence-electron chi connectivity index (χ4n) is 3.70. The number of fused-ring (bicyclic) bond motifs is 1. The second-order valence-corrected chi connectivity index (χ2v) is 9.88. The normalized spacial score (nSPS) is 15.1. The van der Waals surface area contributed by atoms with Gasteiger partial charge in [-0.1, -0.05) is 55.8 Å². The minimum Gasteiger partial charge on any atom is -0.354 e. The van der Waals surface area contributed by atoms with Crippen LogP contribution in [-0.2, 0) is 26.2 Å². The van der Waals surface area contributed by atoms with E-state index in [0.717, 1.165) is 6.42 Å². The van der Waals surface area contributed by atoms with E-state index in [-0.39, 0.29) is 22.9 Å². The lowest BCUT2D eigenvalue weighted by atomic mass is 10.1. The van der Waals surface area contributed by atoms with Gasteiger partial charge in [0.05, 0.1) is 5.56 Å². The largest absolute Gasteiger partial charge is 0.354 e. The van der Waals surface area contributed by atoms with E-state index >= 15 is 0 Å². The second kappa shape index (κ2) is 10.4. The topological polar surface area (TPSA) is 104 Å². The molecule has 0 aliphatic carbocycles. The molecule has 8 nitrogen and oxygen atoms in total. The molecule has 0 aromatic heterocycles. The highest BCUT2D eigenvalue weighted by molar-refractivity contribution is 7.90. The lowest BCUT2D eigenvalue weighted by Gasteiger charge is -2.32. The summed E-state index contributed by atoms with van der Waals surface area (Å²) in [5.74, 6) is -1.78. The molecule has 3 amide bonds. The van der Waals surface area contributed by atoms with Gasteiger partial charge in [-0.2, -0.15) is 0 Å². The van der Waals surface area contributed by atoms with Gasteiger partial charge in [0.1, 0.15) is 17.5 Å². The SMILES string of the molecule is CCCNC(=O)[C@@H](CC)N(Cc1ccccc1Cl)C(=O)CN1C(=O)c2ccccc2S1(=O)=O. The number of halogens is 1. The van der Waals surface area contributed by atoms with Crippen LogP contribution in [0.3, 0.4) is 0 Å². The summed E-state index contributed by atoms with van der Waals surface area (Å²) in [5, 5.41) is 3.20. The molecule has 0 unspecified atom stereocenters. The summed E-state index contributed by atoms with van der Waals surface area (Å²) >= 11 is 6.28. The molecule has 0 bridgehead atoms. The molecule has 2 aromatic rings. The molecular weight excluding hydrogens is 466 g/mol. The molecule has 1 atom stereocenters. The first kappa shape index (κ1) is 24.7. The van der Waals surface area contributed by atoms with Gasteiger partial charge in [-0.15, -0.1) is 0 Å². The fraction of sp³-hybridized carbons (Fsp3) is 0.348. The molecule has 0 fully saturated rings. The number of sulfonamides is 1. The number of nitrogens with one attached hydrogen (secondary N) is 1. The van der Waals surface area contributed by atoms with Crippen molar-refractivity contribution in [3.8, 4) is 0 Å². The number of rotatable bonds is 9. The van der Waals surface area contributed by atoms with Crippen LogP contribution in [0.5, 0.6) is 0 Å². The van der Waals surface area contributed by atoms with Crippen LogP contribution < -0.4 is 5.32 Å². The highest BCUT2D eigenvalue weighted by Gasteiger charge is 2.43. The van der Waals surface area contributed by atoms with Crippen molar-refractivity contribution in [2.45, 2.75) is 44.2 Å². The smallest absolute Gasteiger partial charge is 0.269 e. The number of carbonyl (C=O) groups excluding carboxylic acids is 3. The first-order valence-corrected chi connectivity index (χ1v) is 12.5. The van der Waals surface area contributed by atoms with Crippen molar-refractivity contribution in [3.63, 3.8) is 0 Å². The predicted octanol–water partition coefficient (Wildman–Crippen LogP) is 2.82. The maximum Gasteiger partial charge on any atom is 0.269 e. The van der Waals surface area contributed by atoms with Gasteiger partial charge in [-0.25, -0.2) is 12.7 Å². The molecule has 176 valence electrons. The Hall–Kier alpha value is -2.91. The van der Waals surface area contributed by atoms with Crippen LogP contribution in [0.2, 0.25) is 5.02 Å². The standard InChI is InChI=1S/C23H26ClN3O5S/c1-3-13-25-22(29)19(4-2)26(14-16-9-5-7-11-18(16)24)21(28)15-27-23(30)17-10-6-8-12-20(17)33(27,31)32/h5-12,19H,3-4,13-15H2,1-2H3,(H,25,29)/t19-/m1/s1. The summed E-state index contributed by atoms with van der Waals surface area (Å²) in [4.78, 5) is 40.2. The van der Waals surface area contributed by atoms with Crippen LogP contribution in [0.15, 0.2) is 53.4 Å². The van der Waals surface area contributed by atoms with Gasteiger partial charge in [-0.05, 0) is 36.6 Å². The highest BCUT2D eigenvalue weighted by atomic mass is 35.5. The first-order valence-electron chi connectivity index (χ1n) is 10.7. The van der Waals surface area contributed by atoms with Crippen molar-refractivity contribution in [1.82, 2.24) is 14.5 Å². The molecule has 1 N–H and O–H groups in total.